The second-order valence-corrected chi connectivity index (χ2v) is 4.56. The minimum Gasteiger partial charge on any atom is -0.486 e. The zero-order valence-electron chi connectivity index (χ0n) is 10.7. The lowest BCUT2D eigenvalue weighted by Crippen LogP contribution is -2.15. The summed E-state index contributed by atoms with van der Waals surface area (Å²) in [7, 11) is 0. The highest BCUT2D eigenvalue weighted by Crippen LogP contribution is 2.31. The van der Waals surface area contributed by atoms with E-state index in [0.29, 0.717) is 19.8 Å². The standard InChI is InChI=1S/C15H17NO3/c16-6-5-12-2-3-13(19-12)9-11-1-4-14-15(10-11)18-8-7-17-14/h1-4,10H,5-9,16H2. The van der Waals surface area contributed by atoms with Crippen molar-refractivity contribution >= 4 is 0 Å². The highest BCUT2D eigenvalue weighted by atomic mass is 16.6. The van der Waals surface area contributed by atoms with Crippen molar-refractivity contribution in [2.45, 2.75) is 12.8 Å². The third-order valence-corrected chi connectivity index (χ3v) is 3.09. The Balaban J connectivity index is 1.75. The SMILES string of the molecule is NCCc1ccc(Cc2ccc3c(c2)OCCO3)o1. The summed E-state index contributed by atoms with van der Waals surface area (Å²) in [5.41, 5.74) is 6.66. The Hall–Kier alpha value is -1.94. The summed E-state index contributed by atoms with van der Waals surface area (Å²) in [4.78, 5) is 0. The Bertz CT molecular complexity index is 562. The summed E-state index contributed by atoms with van der Waals surface area (Å²) >= 11 is 0. The molecule has 2 N–H and O–H groups in total. The summed E-state index contributed by atoms with van der Waals surface area (Å²) in [6.07, 6.45) is 1.53. The number of rotatable bonds is 4. The van der Waals surface area contributed by atoms with Gasteiger partial charge in [0.15, 0.2) is 11.5 Å². The van der Waals surface area contributed by atoms with Crippen LogP contribution in [0.15, 0.2) is 34.7 Å². The van der Waals surface area contributed by atoms with Crippen LogP contribution in [0.3, 0.4) is 0 Å². The van der Waals surface area contributed by atoms with Gasteiger partial charge in [0.05, 0.1) is 0 Å². The van der Waals surface area contributed by atoms with Crippen LogP contribution in [-0.4, -0.2) is 19.8 Å². The normalized spacial score (nSPS) is 13.5. The molecule has 100 valence electrons. The molecular weight excluding hydrogens is 242 g/mol. The summed E-state index contributed by atoms with van der Waals surface area (Å²) in [6, 6.07) is 9.99. The lowest BCUT2D eigenvalue weighted by atomic mass is 10.1. The van der Waals surface area contributed by atoms with E-state index in [0.717, 1.165) is 41.4 Å². The maximum atomic E-state index is 5.72. The van der Waals surface area contributed by atoms with Crippen LogP contribution in [0.25, 0.3) is 0 Å². The molecule has 1 aliphatic heterocycles. The third kappa shape index (κ3) is 2.74. The number of fused-ring (bicyclic) bond motifs is 1. The van der Waals surface area contributed by atoms with Crippen molar-refractivity contribution in [3.63, 3.8) is 0 Å². The summed E-state index contributed by atoms with van der Waals surface area (Å²) in [6.45, 7) is 1.84. The lowest BCUT2D eigenvalue weighted by molar-refractivity contribution is 0.171. The van der Waals surface area contributed by atoms with E-state index in [1.54, 1.807) is 0 Å². The Kier molecular flexibility index (Phi) is 3.42. The van der Waals surface area contributed by atoms with Crippen LogP contribution >= 0.6 is 0 Å². The predicted octanol–water partition coefficient (Wildman–Crippen LogP) is 2.14. The Morgan fingerprint density at radius 2 is 1.74 bits per heavy atom. The number of furan rings is 1. The van der Waals surface area contributed by atoms with Crippen molar-refractivity contribution in [3.05, 3.63) is 47.4 Å². The van der Waals surface area contributed by atoms with E-state index in [2.05, 4.69) is 0 Å². The van der Waals surface area contributed by atoms with Crippen LogP contribution in [0.4, 0.5) is 0 Å². The van der Waals surface area contributed by atoms with Crippen LogP contribution in [0.2, 0.25) is 0 Å². The van der Waals surface area contributed by atoms with Crippen LogP contribution in [0, 0.1) is 0 Å². The second kappa shape index (κ2) is 5.36. The molecule has 0 fully saturated rings. The van der Waals surface area contributed by atoms with Gasteiger partial charge in [0.1, 0.15) is 24.7 Å². The molecule has 2 aromatic rings. The quantitative estimate of drug-likeness (QED) is 0.914. The minimum absolute atomic E-state index is 0.608. The number of hydrogen-bond donors (Lipinski definition) is 1. The minimum atomic E-state index is 0.608. The summed E-state index contributed by atoms with van der Waals surface area (Å²) < 4.78 is 16.8. The van der Waals surface area contributed by atoms with Gasteiger partial charge in [0, 0.05) is 12.8 Å². The summed E-state index contributed by atoms with van der Waals surface area (Å²) in [5, 5.41) is 0. The molecule has 19 heavy (non-hydrogen) atoms. The van der Waals surface area contributed by atoms with Crippen molar-refractivity contribution in [2.24, 2.45) is 5.73 Å². The van der Waals surface area contributed by atoms with Crippen molar-refractivity contribution < 1.29 is 13.9 Å². The van der Waals surface area contributed by atoms with Gasteiger partial charge in [-0.05, 0) is 36.4 Å². The molecule has 0 bridgehead atoms. The highest BCUT2D eigenvalue weighted by Gasteiger charge is 2.12. The van der Waals surface area contributed by atoms with E-state index in [1.807, 2.05) is 30.3 Å². The first kappa shape index (κ1) is 12.1. The first-order valence-corrected chi connectivity index (χ1v) is 6.51. The Morgan fingerprint density at radius 3 is 2.58 bits per heavy atom. The molecule has 1 aliphatic rings. The van der Waals surface area contributed by atoms with E-state index >= 15 is 0 Å². The van der Waals surface area contributed by atoms with Crippen LogP contribution < -0.4 is 15.2 Å². The van der Waals surface area contributed by atoms with Gasteiger partial charge in [0.2, 0.25) is 0 Å². The van der Waals surface area contributed by atoms with Gasteiger partial charge in [-0.3, -0.25) is 0 Å². The average molecular weight is 259 g/mol. The highest BCUT2D eigenvalue weighted by molar-refractivity contribution is 5.44. The van der Waals surface area contributed by atoms with E-state index < -0.39 is 0 Å². The smallest absolute Gasteiger partial charge is 0.161 e. The molecule has 0 aliphatic carbocycles. The number of nitrogens with two attached hydrogens (primary N) is 1. The van der Waals surface area contributed by atoms with Gasteiger partial charge in [-0.2, -0.15) is 0 Å². The Labute approximate surface area is 112 Å². The molecule has 0 spiro atoms. The predicted molar refractivity (Wildman–Crippen MR) is 71.7 cm³/mol. The first-order chi connectivity index (χ1) is 9.35. The second-order valence-electron chi connectivity index (χ2n) is 4.56. The lowest BCUT2D eigenvalue weighted by Gasteiger charge is -2.18. The monoisotopic (exact) mass is 259 g/mol. The van der Waals surface area contributed by atoms with Crippen LogP contribution in [0.5, 0.6) is 11.5 Å². The van der Waals surface area contributed by atoms with E-state index in [-0.39, 0.29) is 0 Å². The van der Waals surface area contributed by atoms with E-state index in [4.69, 9.17) is 19.6 Å². The first-order valence-electron chi connectivity index (χ1n) is 6.51. The fraction of sp³-hybridized carbons (Fsp3) is 0.333. The van der Waals surface area contributed by atoms with Gasteiger partial charge in [0.25, 0.3) is 0 Å². The maximum absolute atomic E-state index is 5.72. The van der Waals surface area contributed by atoms with Crippen molar-refractivity contribution in [1.29, 1.82) is 0 Å². The fourth-order valence-electron chi connectivity index (χ4n) is 2.19. The molecule has 0 saturated heterocycles. The molecule has 1 aromatic carbocycles. The topological polar surface area (TPSA) is 57.6 Å². The zero-order chi connectivity index (χ0) is 13.1. The van der Waals surface area contributed by atoms with Gasteiger partial charge in [-0.25, -0.2) is 0 Å². The maximum Gasteiger partial charge on any atom is 0.161 e. The third-order valence-electron chi connectivity index (χ3n) is 3.09. The molecule has 2 heterocycles. The molecule has 0 saturated carbocycles. The van der Waals surface area contributed by atoms with E-state index in [1.165, 1.54) is 0 Å². The van der Waals surface area contributed by atoms with Crippen molar-refractivity contribution in [2.75, 3.05) is 19.8 Å². The molecular formula is C15H17NO3. The number of hydrogen-bond acceptors (Lipinski definition) is 4. The van der Waals surface area contributed by atoms with Crippen LogP contribution in [0.1, 0.15) is 17.1 Å². The van der Waals surface area contributed by atoms with E-state index in [9.17, 15) is 0 Å². The Morgan fingerprint density at radius 1 is 0.947 bits per heavy atom. The molecule has 0 unspecified atom stereocenters. The summed E-state index contributed by atoms with van der Waals surface area (Å²) in [5.74, 6) is 3.52. The number of benzene rings is 1. The van der Waals surface area contributed by atoms with Gasteiger partial charge >= 0.3 is 0 Å². The van der Waals surface area contributed by atoms with Gasteiger partial charge in [-0.15, -0.1) is 0 Å². The average Bonchev–Trinajstić information content (AvgIpc) is 2.86. The van der Waals surface area contributed by atoms with Gasteiger partial charge < -0.3 is 19.6 Å². The molecule has 4 nitrogen and oxygen atoms in total. The zero-order valence-corrected chi connectivity index (χ0v) is 10.7. The molecule has 1 aromatic heterocycles. The molecule has 4 heteroatoms. The van der Waals surface area contributed by atoms with Crippen molar-refractivity contribution in [1.82, 2.24) is 0 Å². The largest absolute Gasteiger partial charge is 0.486 e. The van der Waals surface area contributed by atoms with Crippen LogP contribution in [-0.2, 0) is 12.8 Å². The number of ether oxygens (including phenoxy) is 2. The fourth-order valence-corrected chi connectivity index (χ4v) is 2.19. The van der Waals surface area contributed by atoms with Gasteiger partial charge in [-0.1, -0.05) is 6.07 Å². The van der Waals surface area contributed by atoms with Crippen molar-refractivity contribution in [3.8, 4) is 11.5 Å². The molecule has 3 rings (SSSR count). The molecule has 0 atom stereocenters. The molecule has 0 radical (unpaired) electrons. The molecule has 0 amide bonds.